The van der Waals surface area contributed by atoms with Crippen molar-refractivity contribution in [3.05, 3.63) is 88.3 Å². The Labute approximate surface area is 234 Å². The molecule has 3 aromatic carbocycles. The first kappa shape index (κ1) is 27.6. The van der Waals surface area contributed by atoms with Gasteiger partial charge >= 0.3 is 0 Å². The van der Waals surface area contributed by atoms with Gasteiger partial charge < -0.3 is 29.2 Å². The maximum Gasteiger partial charge on any atom is 0.142 e. The van der Waals surface area contributed by atoms with Crippen LogP contribution in [-0.4, -0.2) is 58.6 Å². The first-order chi connectivity index (χ1) is 19.7. The van der Waals surface area contributed by atoms with E-state index >= 15 is 0 Å². The number of nitroso groups, excluding NO2 is 1. The summed E-state index contributed by atoms with van der Waals surface area (Å²) in [6, 6.07) is 22.5. The maximum absolute atomic E-state index is 11.8. The number of fused-ring (bicyclic) bond motifs is 1. The summed E-state index contributed by atoms with van der Waals surface area (Å²) >= 11 is 0. The zero-order valence-electron chi connectivity index (χ0n) is 22.6. The van der Waals surface area contributed by atoms with Crippen LogP contribution < -0.4 is 19.7 Å². The average Bonchev–Trinajstić information content (AvgIpc) is 3.01. The molecule has 208 valence electrons. The first-order valence-electron chi connectivity index (χ1n) is 13.6. The number of hydrogen-bond donors (Lipinski definition) is 1. The van der Waals surface area contributed by atoms with Gasteiger partial charge in [0.2, 0.25) is 0 Å². The molecule has 0 unspecified atom stereocenters. The molecular formula is C31H34N4O5. The molecule has 0 radical (unpaired) electrons. The van der Waals surface area contributed by atoms with E-state index in [1.807, 2.05) is 36.4 Å². The monoisotopic (exact) mass is 542 g/mol. The zero-order valence-corrected chi connectivity index (χ0v) is 22.6. The van der Waals surface area contributed by atoms with Crippen LogP contribution in [0.2, 0.25) is 0 Å². The van der Waals surface area contributed by atoms with E-state index in [0.29, 0.717) is 43.4 Å². The third-order valence-corrected chi connectivity index (χ3v) is 7.36. The highest BCUT2D eigenvalue weighted by Crippen LogP contribution is 2.35. The fourth-order valence-corrected chi connectivity index (χ4v) is 5.31. The molecule has 0 spiro atoms. The van der Waals surface area contributed by atoms with Crippen molar-refractivity contribution in [3.63, 3.8) is 0 Å². The molecule has 5 rings (SSSR count). The number of nitrogens with one attached hydrogen (secondary N) is 1. The quantitative estimate of drug-likeness (QED) is 0.267. The van der Waals surface area contributed by atoms with Gasteiger partial charge in [-0.25, -0.2) is 0 Å². The van der Waals surface area contributed by atoms with Crippen molar-refractivity contribution in [3.8, 4) is 23.3 Å². The van der Waals surface area contributed by atoms with E-state index in [9.17, 15) is 4.91 Å². The standard InChI is InChI=1S/C31H34N4O5/c1-37-15-2-13-35-14-16-38-29-12-5-23(17-28(29)35)21-39-30-20-33-19-27(34-36)31(30)24-6-10-26(11-7-24)40-25-8-3-22(18-32)4-9-25/h3-12,17,27,30-31,33H,2,13-16,19-21H2,1H3/t27-,30+,31+/m1/s1. The van der Waals surface area contributed by atoms with Crippen LogP contribution in [0.3, 0.4) is 0 Å². The van der Waals surface area contributed by atoms with Crippen molar-refractivity contribution < 1.29 is 18.9 Å². The molecule has 1 fully saturated rings. The van der Waals surface area contributed by atoms with Crippen LogP contribution in [0.15, 0.2) is 71.9 Å². The number of piperidine rings is 1. The molecule has 1 saturated heterocycles. The molecule has 3 atom stereocenters. The normalized spacial score (nSPS) is 20.2. The van der Waals surface area contributed by atoms with Gasteiger partial charge in [-0.05, 0) is 66.1 Å². The van der Waals surface area contributed by atoms with Crippen molar-refractivity contribution in [2.45, 2.75) is 31.1 Å². The molecule has 9 nitrogen and oxygen atoms in total. The minimum Gasteiger partial charge on any atom is -0.490 e. The molecule has 3 aromatic rings. The summed E-state index contributed by atoms with van der Waals surface area (Å²) in [6.45, 7) is 4.67. The van der Waals surface area contributed by atoms with Crippen LogP contribution in [0.5, 0.6) is 17.2 Å². The summed E-state index contributed by atoms with van der Waals surface area (Å²) in [7, 11) is 1.72. The Bertz CT molecular complexity index is 1310. The lowest BCUT2D eigenvalue weighted by Crippen LogP contribution is -2.48. The topological polar surface area (TPSA) is 105 Å². The fraction of sp³-hybridized carbons (Fsp3) is 0.387. The predicted octanol–water partition coefficient (Wildman–Crippen LogP) is 4.99. The van der Waals surface area contributed by atoms with Gasteiger partial charge in [-0.1, -0.05) is 23.4 Å². The number of methoxy groups -OCH3 is 1. The predicted molar refractivity (Wildman–Crippen MR) is 152 cm³/mol. The van der Waals surface area contributed by atoms with E-state index in [4.69, 9.17) is 24.2 Å². The second-order valence-electron chi connectivity index (χ2n) is 10.00. The molecule has 0 saturated carbocycles. The summed E-state index contributed by atoms with van der Waals surface area (Å²) in [5.74, 6) is 2.02. The minimum atomic E-state index is -0.447. The highest BCUT2D eigenvalue weighted by Gasteiger charge is 2.36. The highest BCUT2D eigenvalue weighted by atomic mass is 16.5. The summed E-state index contributed by atoms with van der Waals surface area (Å²) in [5, 5.41) is 15.7. The van der Waals surface area contributed by atoms with Gasteiger partial charge in [-0.3, -0.25) is 0 Å². The van der Waals surface area contributed by atoms with Crippen LogP contribution in [0.1, 0.15) is 29.0 Å². The maximum atomic E-state index is 11.8. The van der Waals surface area contributed by atoms with Crippen LogP contribution >= 0.6 is 0 Å². The van der Waals surface area contributed by atoms with E-state index in [0.717, 1.165) is 48.7 Å². The number of hydrogen-bond acceptors (Lipinski definition) is 9. The summed E-state index contributed by atoms with van der Waals surface area (Å²) in [6.07, 6.45) is 0.718. The number of nitriles is 1. The van der Waals surface area contributed by atoms with E-state index < -0.39 is 6.04 Å². The Kier molecular flexibility index (Phi) is 9.24. The summed E-state index contributed by atoms with van der Waals surface area (Å²) in [4.78, 5) is 14.1. The van der Waals surface area contributed by atoms with Crippen LogP contribution in [0, 0.1) is 16.2 Å². The Morgan fingerprint density at radius 3 is 2.58 bits per heavy atom. The Morgan fingerprint density at radius 2 is 1.85 bits per heavy atom. The van der Waals surface area contributed by atoms with Crippen molar-refractivity contribution in [1.82, 2.24) is 5.32 Å². The van der Waals surface area contributed by atoms with E-state index in [2.05, 4.69) is 27.5 Å². The second-order valence-corrected chi connectivity index (χ2v) is 10.00. The second kappa shape index (κ2) is 13.4. The molecule has 0 amide bonds. The number of ether oxygens (including phenoxy) is 4. The first-order valence-corrected chi connectivity index (χ1v) is 13.6. The van der Waals surface area contributed by atoms with Crippen LogP contribution in [-0.2, 0) is 16.1 Å². The lowest BCUT2D eigenvalue weighted by Gasteiger charge is -2.36. The summed E-state index contributed by atoms with van der Waals surface area (Å²) in [5.41, 5.74) is 3.68. The van der Waals surface area contributed by atoms with Gasteiger partial charge in [0.1, 0.15) is 29.9 Å². The van der Waals surface area contributed by atoms with Crippen LogP contribution in [0.4, 0.5) is 5.69 Å². The van der Waals surface area contributed by atoms with Crippen molar-refractivity contribution in [2.24, 2.45) is 5.18 Å². The molecule has 1 N–H and O–H groups in total. The minimum absolute atomic E-state index is 0.186. The van der Waals surface area contributed by atoms with Crippen molar-refractivity contribution >= 4 is 5.69 Å². The molecule has 2 aliphatic rings. The number of rotatable bonds is 11. The SMILES string of the molecule is COCCCN1CCOc2ccc(CO[C@H]3CNC[C@@H](N=O)[C@@H]3c3ccc(Oc4ccc(C#N)cc4)cc3)cc21. The molecular weight excluding hydrogens is 508 g/mol. The van der Waals surface area contributed by atoms with Crippen molar-refractivity contribution in [1.29, 1.82) is 5.26 Å². The Balaban J connectivity index is 1.27. The molecule has 40 heavy (non-hydrogen) atoms. The smallest absolute Gasteiger partial charge is 0.142 e. The third kappa shape index (κ3) is 6.59. The number of anilines is 1. The van der Waals surface area contributed by atoms with Crippen molar-refractivity contribution in [2.75, 3.05) is 51.4 Å². The average molecular weight is 543 g/mol. The number of benzene rings is 3. The van der Waals surface area contributed by atoms with Gasteiger partial charge in [0, 0.05) is 39.3 Å². The third-order valence-electron chi connectivity index (χ3n) is 7.36. The van der Waals surface area contributed by atoms with Gasteiger partial charge in [-0.15, -0.1) is 0 Å². The molecule has 0 aliphatic carbocycles. The van der Waals surface area contributed by atoms with Gasteiger partial charge in [0.25, 0.3) is 0 Å². The van der Waals surface area contributed by atoms with E-state index in [-0.39, 0.29) is 12.0 Å². The molecule has 0 bridgehead atoms. The van der Waals surface area contributed by atoms with Gasteiger partial charge in [0.05, 0.1) is 36.6 Å². The zero-order chi connectivity index (χ0) is 27.7. The fourth-order valence-electron chi connectivity index (χ4n) is 5.31. The molecule has 9 heteroatoms. The molecule has 0 aromatic heterocycles. The highest BCUT2D eigenvalue weighted by molar-refractivity contribution is 5.61. The van der Waals surface area contributed by atoms with E-state index in [1.54, 1.807) is 31.4 Å². The number of nitrogens with zero attached hydrogens (tertiary/aromatic N) is 3. The van der Waals surface area contributed by atoms with Gasteiger partial charge in [-0.2, -0.15) is 10.2 Å². The Morgan fingerprint density at radius 1 is 1.07 bits per heavy atom. The Hall–Kier alpha value is -3.97. The molecule has 2 aliphatic heterocycles. The lowest BCUT2D eigenvalue weighted by molar-refractivity contribution is 0.00539. The van der Waals surface area contributed by atoms with Gasteiger partial charge in [0.15, 0.2) is 0 Å². The largest absolute Gasteiger partial charge is 0.490 e. The molecule has 2 heterocycles. The van der Waals surface area contributed by atoms with Crippen LogP contribution in [0.25, 0.3) is 0 Å². The summed E-state index contributed by atoms with van der Waals surface area (Å²) < 4.78 is 23.5. The van der Waals surface area contributed by atoms with E-state index in [1.165, 1.54) is 0 Å². The lowest BCUT2D eigenvalue weighted by atomic mass is 9.84.